The van der Waals surface area contributed by atoms with Crippen LogP contribution in [0.2, 0.25) is 0 Å². The third-order valence-electron chi connectivity index (χ3n) is 3.23. The van der Waals surface area contributed by atoms with E-state index >= 15 is 0 Å². The molecule has 15 heavy (non-hydrogen) atoms. The Morgan fingerprint density at radius 2 is 2.00 bits per heavy atom. The fourth-order valence-corrected chi connectivity index (χ4v) is 1.98. The van der Waals surface area contributed by atoms with Gasteiger partial charge in [0.05, 0.1) is 0 Å². The second-order valence-electron chi connectivity index (χ2n) is 4.60. The van der Waals surface area contributed by atoms with Gasteiger partial charge in [-0.3, -0.25) is 0 Å². The zero-order valence-electron chi connectivity index (χ0n) is 9.99. The minimum absolute atomic E-state index is 0.596. The molecule has 0 radical (unpaired) electrons. The van der Waals surface area contributed by atoms with Gasteiger partial charge in [0.25, 0.3) is 0 Å². The van der Waals surface area contributed by atoms with E-state index in [1.54, 1.807) is 0 Å². The number of rotatable bonds is 3. The highest BCUT2D eigenvalue weighted by molar-refractivity contribution is 5.40. The van der Waals surface area contributed by atoms with Crippen molar-refractivity contribution in [3.63, 3.8) is 0 Å². The number of hydrogen-bond donors (Lipinski definition) is 0. The Morgan fingerprint density at radius 3 is 2.53 bits per heavy atom. The highest BCUT2D eigenvalue weighted by atomic mass is 15.2. The molecule has 0 bridgehead atoms. The molecule has 1 aromatic rings. The molecule has 1 aliphatic rings. The van der Waals surface area contributed by atoms with Gasteiger partial charge in [-0.2, -0.15) is 0 Å². The number of aromatic nitrogens is 2. The van der Waals surface area contributed by atoms with Gasteiger partial charge in [-0.1, -0.05) is 0 Å². The summed E-state index contributed by atoms with van der Waals surface area (Å²) in [5.74, 6) is 2.78. The molecule has 1 fully saturated rings. The molecule has 0 aromatic carbocycles. The molecule has 0 spiro atoms. The highest BCUT2D eigenvalue weighted by Crippen LogP contribution is 2.35. The largest absolute Gasteiger partial charge is 0.357 e. The number of hydrogen-bond acceptors (Lipinski definition) is 3. The van der Waals surface area contributed by atoms with Crippen LogP contribution in [0.25, 0.3) is 0 Å². The monoisotopic (exact) mass is 205 g/mol. The second kappa shape index (κ2) is 3.80. The van der Waals surface area contributed by atoms with Gasteiger partial charge in [0.15, 0.2) is 0 Å². The van der Waals surface area contributed by atoms with Gasteiger partial charge in [-0.25, -0.2) is 9.97 Å². The van der Waals surface area contributed by atoms with Crippen LogP contribution in [0.15, 0.2) is 6.07 Å². The molecule has 1 aliphatic carbocycles. The Balaban J connectivity index is 2.19. The molecule has 0 amide bonds. The van der Waals surface area contributed by atoms with Gasteiger partial charge in [-0.15, -0.1) is 0 Å². The Bertz CT molecular complexity index is 338. The summed E-state index contributed by atoms with van der Waals surface area (Å²) in [5, 5.41) is 0. The first-order chi connectivity index (χ1) is 7.08. The van der Waals surface area contributed by atoms with E-state index in [9.17, 15) is 0 Å². The summed E-state index contributed by atoms with van der Waals surface area (Å²) in [6.07, 6.45) is 2.74. The van der Waals surface area contributed by atoms with Crippen molar-refractivity contribution in [2.75, 3.05) is 11.9 Å². The topological polar surface area (TPSA) is 29.0 Å². The van der Waals surface area contributed by atoms with Gasteiger partial charge in [0.2, 0.25) is 0 Å². The molecule has 1 heterocycles. The van der Waals surface area contributed by atoms with E-state index in [2.05, 4.69) is 34.9 Å². The van der Waals surface area contributed by atoms with E-state index in [1.807, 2.05) is 13.8 Å². The van der Waals surface area contributed by atoms with Crippen LogP contribution in [0.4, 0.5) is 5.82 Å². The third-order valence-corrected chi connectivity index (χ3v) is 3.23. The summed E-state index contributed by atoms with van der Waals surface area (Å²) in [7, 11) is 2.13. The van der Waals surface area contributed by atoms with Crippen molar-refractivity contribution in [3.05, 3.63) is 17.6 Å². The smallest absolute Gasteiger partial charge is 0.132 e. The Kier molecular flexibility index (Phi) is 2.63. The van der Waals surface area contributed by atoms with Crippen molar-refractivity contribution < 1.29 is 0 Å². The van der Waals surface area contributed by atoms with Gasteiger partial charge < -0.3 is 4.90 Å². The summed E-state index contributed by atoms with van der Waals surface area (Å²) in [6, 6.07) is 2.66. The standard InChI is InChI=1S/C12H19N3/c1-8-7-12(14-10(3)13-8)15(4)9(2)11-5-6-11/h7,9,11H,5-6H2,1-4H3. The van der Waals surface area contributed by atoms with E-state index in [-0.39, 0.29) is 0 Å². The van der Waals surface area contributed by atoms with E-state index in [1.165, 1.54) is 12.8 Å². The maximum absolute atomic E-state index is 4.48. The normalized spacial score (nSPS) is 17.6. The van der Waals surface area contributed by atoms with Gasteiger partial charge in [0.1, 0.15) is 11.6 Å². The van der Waals surface area contributed by atoms with Crippen molar-refractivity contribution in [2.24, 2.45) is 5.92 Å². The van der Waals surface area contributed by atoms with Crippen LogP contribution in [-0.4, -0.2) is 23.1 Å². The van der Waals surface area contributed by atoms with Crippen LogP contribution in [0, 0.1) is 19.8 Å². The molecule has 1 aromatic heterocycles. The van der Waals surface area contributed by atoms with Crippen LogP contribution in [0.1, 0.15) is 31.3 Å². The molecule has 82 valence electrons. The Labute approximate surface area is 91.5 Å². The maximum Gasteiger partial charge on any atom is 0.132 e. The first-order valence-corrected chi connectivity index (χ1v) is 5.63. The average molecular weight is 205 g/mol. The lowest BCUT2D eigenvalue weighted by Gasteiger charge is -2.26. The molecule has 1 atom stereocenters. The average Bonchev–Trinajstić information content (AvgIpc) is 2.97. The molecular formula is C12H19N3. The van der Waals surface area contributed by atoms with E-state index < -0.39 is 0 Å². The predicted octanol–water partition coefficient (Wildman–Crippen LogP) is 2.33. The molecule has 0 N–H and O–H groups in total. The quantitative estimate of drug-likeness (QED) is 0.758. The van der Waals surface area contributed by atoms with E-state index in [4.69, 9.17) is 0 Å². The van der Waals surface area contributed by atoms with Crippen LogP contribution in [0.3, 0.4) is 0 Å². The van der Waals surface area contributed by atoms with Gasteiger partial charge >= 0.3 is 0 Å². The Hall–Kier alpha value is -1.12. The van der Waals surface area contributed by atoms with Crippen molar-refractivity contribution >= 4 is 5.82 Å². The van der Waals surface area contributed by atoms with Crippen molar-refractivity contribution in [1.29, 1.82) is 0 Å². The van der Waals surface area contributed by atoms with Gasteiger partial charge in [-0.05, 0) is 39.5 Å². The summed E-state index contributed by atoms with van der Waals surface area (Å²) in [5.41, 5.74) is 1.05. The molecule has 3 nitrogen and oxygen atoms in total. The summed E-state index contributed by atoms with van der Waals surface area (Å²) in [6.45, 7) is 6.25. The van der Waals surface area contributed by atoms with Crippen LogP contribution >= 0.6 is 0 Å². The number of nitrogens with zero attached hydrogens (tertiary/aromatic N) is 3. The van der Waals surface area contributed by atoms with Crippen molar-refractivity contribution in [1.82, 2.24) is 9.97 Å². The molecular weight excluding hydrogens is 186 g/mol. The summed E-state index contributed by atoms with van der Waals surface area (Å²) >= 11 is 0. The van der Waals surface area contributed by atoms with E-state index in [0.717, 1.165) is 23.3 Å². The van der Waals surface area contributed by atoms with Crippen molar-refractivity contribution in [3.8, 4) is 0 Å². The summed E-state index contributed by atoms with van der Waals surface area (Å²) in [4.78, 5) is 11.1. The fourth-order valence-electron chi connectivity index (χ4n) is 1.98. The van der Waals surface area contributed by atoms with Crippen LogP contribution < -0.4 is 4.90 Å². The van der Waals surface area contributed by atoms with Crippen LogP contribution in [-0.2, 0) is 0 Å². The molecule has 0 aliphatic heterocycles. The molecule has 0 saturated heterocycles. The summed E-state index contributed by atoms with van der Waals surface area (Å²) < 4.78 is 0. The lowest BCUT2D eigenvalue weighted by atomic mass is 10.2. The van der Waals surface area contributed by atoms with Crippen molar-refractivity contribution in [2.45, 2.75) is 39.7 Å². The van der Waals surface area contributed by atoms with E-state index in [0.29, 0.717) is 6.04 Å². The SMILES string of the molecule is Cc1cc(N(C)C(C)C2CC2)nc(C)n1. The maximum atomic E-state index is 4.48. The number of anilines is 1. The molecule has 2 rings (SSSR count). The number of aryl methyl sites for hydroxylation is 2. The molecule has 1 saturated carbocycles. The second-order valence-corrected chi connectivity index (χ2v) is 4.60. The minimum Gasteiger partial charge on any atom is -0.357 e. The minimum atomic E-state index is 0.596. The van der Waals surface area contributed by atoms with Crippen LogP contribution in [0.5, 0.6) is 0 Å². The zero-order chi connectivity index (χ0) is 11.0. The predicted molar refractivity (Wildman–Crippen MR) is 62.1 cm³/mol. The Morgan fingerprint density at radius 1 is 1.33 bits per heavy atom. The lowest BCUT2D eigenvalue weighted by molar-refractivity contribution is 0.602. The van der Waals surface area contributed by atoms with Gasteiger partial charge in [0, 0.05) is 24.8 Å². The lowest BCUT2D eigenvalue weighted by Crippen LogP contribution is -2.31. The molecule has 3 heteroatoms. The first-order valence-electron chi connectivity index (χ1n) is 5.63. The zero-order valence-corrected chi connectivity index (χ0v) is 9.99. The highest BCUT2D eigenvalue weighted by Gasteiger charge is 2.31. The fraction of sp³-hybridized carbons (Fsp3) is 0.667. The molecule has 1 unspecified atom stereocenters. The first kappa shape index (κ1) is 10.4. The third kappa shape index (κ3) is 2.28.